The van der Waals surface area contributed by atoms with E-state index in [9.17, 15) is 0 Å². The molecule has 3 rings (SSSR count). The predicted octanol–water partition coefficient (Wildman–Crippen LogP) is 2.77. The first kappa shape index (κ1) is 9.67. The maximum Gasteiger partial charge on any atom is 0.175 e. The molecular weight excluding hydrogens is 233 g/mol. The van der Waals surface area contributed by atoms with Crippen LogP contribution in [0.3, 0.4) is 0 Å². The van der Waals surface area contributed by atoms with Crippen LogP contribution in [0.4, 0.5) is 5.69 Å². The number of aromatic nitrogens is 2. The molecule has 0 N–H and O–H groups in total. The Morgan fingerprint density at radius 1 is 1.27 bits per heavy atom. The van der Waals surface area contributed by atoms with E-state index in [0.717, 1.165) is 18.2 Å². The van der Waals surface area contributed by atoms with Gasteiger partial charge in [-0.25, -0.2) is 0 Å². The van der Waals surface area contributed by atoms with Crippen molar-refractivity contribution in [1.82, 2.24) is 10.2 Å². The lowest BCUT2D eigenvalue weighted by molar-refractivity contribution is 0.553. The van der Waals surface area contributed by atoms with E-state index in [1.54, 1.807) is 0 Å². The molecule has 2 aliphatic rings. The zero-order valence-corrected chi connectivity index (χ0v) is 9.67. The van der Waals surface area contributed by atoms with Crippen LogP contribution in [-0.4, -0.2) is 22.8 Å². The van der Waals surface area contributed by atoms with Gasteiger partial charge in [-0.1, -0.05) is 23.2 Å². The molecular formula is C10H11Cl2N3. The van der Waals surface area contributed by atoms with Crippen LogP contribution in [0.25, 0.3) is 0 Å². The third-order valence-electron chi connectivity index (χ3n) is 3.42. The molecule has 1 saturated heterocycles. The van der Waals surface area contributed by atoms with Crippen molar-refractivity contribution in [2.24, 2.45) is 5.92 Å². The van der Waals surface area contributed by atoms with Crippen molar-refractivity contribution in [2.45, 2.75) is 25.3 Å². The molecule has 1 aromatic heterocycles. The van der Waals surface area contributed by atoms with Gasteiger partial charge in [0.15, 0.2) is 10.3 Å². The first-order valence-corrected chi connectivity index (χ1v) is 5.95. The zero-order valence-electron chi connectivity index (χ0n) is 8.16. The lowest BCUT2D eigenvalue weighted by Crippen LogP contribution is -2.32. The summed E-state index contributed by atoms with van der Waals surface area (Å²) in [6.45, 7) is 1.09. The fourth-order valence-corrected chi connectivity index (χ4v) is 3.11. The lowest BCUT2D eigenvalue weighted by Gasteiger charge is -2.29. The number of fused-ring (bicyclic) bond motifs is 2. The fourth-order valence-electron chi connectivity index (χ4n) is 2.77. The van der Waals surface area contributed by atoms with E-state index >= 15 is 0 Å². The van der Waals surface area contributed by atoms with Gasteiger partial charge in [-0.3, -0.25) is 0 Å². The number of anilines is 1. The summed E-state index contributed by atoms with van der Waals surface area (Å²) < 4.78 is 0. The van der Waals surface area contributed by atoms with Crippen LogP contribution in [0.1, 0.15) is 19.3 Å². The Morgan fingerprint density at radius 3 is 2.80 bits per heavy atom. The van der Waals surface area contributed by atoms with Crippen LogP contribution in [-0.2, 0) is 0 Å². The van der Waals surface area contributed by atoms with Crippen molar-refractivity contribution in [3.63, 3.8) is 0 Å². The maximum absolute atomic E-state index is 6.04. The molecule has 3 nitrogen and oxygen atoms in total. The molecule has 2 unspecified atom stereocenters. The topological polar surface area (TPSA) is 29.0 Å². The Morgan fingerprint density at radius 2 is 2.13 bits per heavy atom. The second-order valence-corrected chi connectivity index (χ2v) is 5.07. The van der Waals surface area contributed by atoms with Gasteiger partial charge in [0.2, 0.25) is 0 Å². The molecule has 0 spiro atoms. The second kappa shape index (κ2) is 3.49. The number of halogens is 2. The minimum atomic E-state index is 0.414. The van der Waals surface area contributed by atoms with Gasteiger partial charge in [0.25, 0.3) is 0 Å². The van der Waals surface area contributed by atoms with E-state index in [1.807, 2.05) is 6.07 Å². The highest BCUT2D eigenvalue weighted by Crippen LogP contribution is 2.42. The maximum atomic E-state index is 6.04. The summed E-state index contributed by atoms with van der Waals surface area (Å²) in [6.07, 6.45) is 3.90. The van der Waals surface area contributed by atoms with Gasteiger partial charge in [0, 0.05) is 18.7 Å². The van der Waals surface area contributed by atoms with E-state index in [1.165, 1.54) is 19.3 Å². The minimum Gasteiger partial charge on any atom is -0.366 e. The summed E-state index contributed by atoms with van der Waals surface area (Å²) in [7, 11) is 0. The molecule has 1 saturated carbocycles. The monoisotopic (exact) mass is 243 g/mol. The highest BCUT2D eigenvalue weighted by molar-refractivity contribution is 6.33. The number of nitrogens with zero attached hydrogens (tertiary/aromatic N) is 3. The van der Waals surface area contributed by atoms with Crippen molar-refractivity contribution in [2.75, 3.05) is 11.4 Å². The van der Waals surface area contributed by atoms with Gasteiger partial charge in [-0.2, -0.15) is 0 Å². The largest absolute Gasteiger partial charge is 0.366 e. The van der Waals surface area contributed by atoms with Crippen LogP contribution in [0.15, 0.2) is 6.07 Å². The Labute approximate surface area is 98.4 Å². The standard InChI is InChI=1S/C10H11Cl2N3/c11-9-4-8(10(12)14-13-9)15-5-6-1-2-7(15)3-6/h4,6-7H,1-3,5H2. The molecule has 2 atom stereocenters. The van der Waals surface area contributed by atoms with Crippen molar-refractivity contribution in [1.29, 1.82) is 0 Å². The molecule has 5 heteroatoms. The summed E-state index contributed by atoms with van der Waals surface area (Å²) in [5, 5.41) is 8.46. The van der Waals surface area contributed by atoms with Crippen LogP contribution in [0, 0.1) is 5.92 Å². The predicted molar refractivity (Wildman–Crippen MR) is 60.5 cm³/mol. The number of piperidine rings is 1. The van der Waals surface area contributed by atoms with E-state index in [0.29, 0.717) is 16.3 Å². The number of rotatable bonds is 1. The van der Waals surface area contributed by atoms with Gasteiger partial charge in [0.05, 0.1) is 5.69 Å². The lowest BCUT2D eigenvalue weighted by atomic mass is 10.1. The van der Waals surface area contributed by atoms with Gasteiger partial charge in [-0.05, 0) is 25.2 Å². The van der Waals surface area contributed by atoms with Crippen LogP contribution in [0.2, 0.25) is 10.3 Å². The number of hydrogen-bond donors (Lipinski definition) is 0. The Hall–Kier alpha value is -0.540. The van der Waals surface area contributed by atoms with E-state index in [-0.39, 0.29) is 0 Å². The van der Waals surface area contributed by atoms with Crippen LogP contribution >= 0.6 is 23.2 Å². The molecule has 0 amide bonds. The van der Waals surface area contributed by atoms with Crippen molar-refractivity contribution in [3.8, 4) is 0 Å². The van der Waals surface area contributed by atoms with Crippen molar-refractivity contribution in [3.05, 3.63) is 16.4 Å². The molecule has 15 heavy (non-hydrogen) atoms. The summed E-state index contributed by atoms with van der Waals surface area (Å²) >= 11 is 11.9. The van der Waals surface area contributed by atoms with Crippen molar-refractivity contribution < 1.29 is 0 Å². The normalized spacial score (nSPS) is 28.8. The smallest absolute Gasteiger partial charge is 0.175 e. The quantitative estimate of drug-likeness (QED) is 0.760. The molecule has 0 aromatic carbocycles. The van der Waals surface area contributed by atoms with E-state index < -0.39 is 0 Å². The van der Waals surface area contributed by atoms with Gasteiger partial charge in [-0.15, -0.1) is 10.2 Å². The molecule has 2 bridgehead atoms. The van der Waals surface area contributed by atoms with Crippen LogP contribution in [0.5, 0.6) is 0 Å². The Kier molecular flexibility index (Phi) is 2.25. The summed E-state index contributed by atoms with van der Waals surface area (Å²) in [6, 6.07) is 2.45. The molecule has 1 aliphatic carbocycles. The van der Waals surface area contributed by atoms with Gasteiger partial charge in [0.1, 0.15) is 0 Å². The molecule has 80 valence electrons. The Balaban J connectivity index is 1.96. The average Bonchev–Trinajstić information content (AvgIpc) is 2.83. The van der Waals surface area contributed by atoms with Crippen LogP contribution < -0.4 is 4.90 Å². The molecule has 1 aromatic rings. The summed E-state index contributed by atoms with van der Waals surface area (Å²) in [4.78, 5) is 2.33. The first-order chi connectivity index (χ1) is 7.24. The molecule has 2 fully saturated rings. The van der Waals surface area contributed by atoms with E-state index in [2.05, 4.69) is 15.1 Å². The van der Waals surface area contributed by atoms with Gasteiger partial charge >= 0.3 is 0 Å². The highest BCUT2D eigenvalue weighted by atomic mass is 35.5. The third kappa shape index (κ3) is 1.58. The third-order valence-corrected chi connectivity index (χ3v) is 3.87. The summed E-state index contributed by atoms with van der Waals surface area (Å²) in [5.41, 5.74) is 0.948. The molecule has 0 radical (unpaired) electrons. The zero-order chi connectivity index (χ0) is 10.4. The summed E-state index contributed by atoms with van der Waals surface area (Å²) in [5.74, 6) is 0.831. The fraction of sp³-hybridized carbons (Fsp3) is 0.600. The average molecular weight is 244 g/mol. The Bertz CT molecular complexity index is 396. The first-order valence-electron chi connectivity index (χ1n) is 5.19. The van der Waals surface area contributed by atoms with Crippen molar-refractivity contribution >= 4 is 28.9 Å². The SMILES string of the molecule is Clc1cc(N2CC3CCC2C3)c(Cl)nn1. The highest BCUT2D eigenvalue weighted by Gasteiger charge is 2.38. The minimum absolute atomic E-state index is 0.414. The second-order valence-electron chi connectivity index (χ2n) is 4.33. The molecule has 1 aliphatic heterocycles. The molecule has 2 heterocycles. The van der Waals surface area contributed by atoms with Gasteiger partial charge < -0.3 is 4.90 Å². The van der Waals surface area contributed by atoms with E-state index in [4.69, 9.17) is 23.2 Å². The number of hydrogen-bond acceptors (Lipinski definition) is 3.